The maximum atomic E-state index is 11.6. The van der Waals surface area contributed by atoms with E-state index >= 15 is 0 Å². The van der Waals surface area contributed by atoms with E-state index < -0.39 is 28.5 Å². The maximum Gasteiger partial charge on any atom is 0.321 e. The normalized spacial score (nSPS) is 13.2. The molecule has 0 spiro atoms. The van der Waals surface area contributed by atoms with Crippen molar-refractivity contribution in [1.29, 1.82) is 0 Å². The molecule has 0 aliphatic heterocycles. The van der Waals surface area contributed by atoms with Crippen molar-refractivity contribution < 1.29 is 15.0 Å². The third-order valence-corrected chi connectivity index (χ3v) is 4.27. The summed E-state index contributed by atoms with van der Waals surface area (Å²) < 4.78 is 0.669. The molecule has 24 heavy (non-hydrogen) atoms. The van der Waals surface area contributed by atoms with Crippen LogP contribution in [0.15, 0.2) is 26.2 Å². The van der Waals surface area contributed by atoms with Crippen LogP contribution in [0.25, 0.3) is 11.0 Å². The molecule has 0 saturated carbocycles. The number of aliphatic hydroxyl groups excluding tert-OH is 1. The standard InChI is InChI=1S/C15H18BrN3O5/c1-15(2,6-20)11(14(23)24)17-5-7-3-8(16)4-9-10(7)19-13(22)12(21)18-9/h3-4,11,17,20H,5-6H2,1-2H3,(H,18,21)(H,19,22)(H,23,24). The second-order valence-electron chi connectivity index (χ2n) is 6.19. The molecule has 130 valence electrons. The van der Waals surface area contributed by atoms with Gasteiger partial charge in [0, 0.05) is 16.4 Å². The lowest BCUT2D eigenvalue weighted by Crippen LogP contribution is -2.49. The minimum absolute atomic E-state index is 0.123. The number of H-pyrrole nitrogens is 2. The predicted octanol–water partition coefficient (Wildman–Crippen LogP) is 0.540. The van der Waals surface area contributed by atoms with E-state index in [1.807, 2.05) is 0 Å². The van der Waals surface area contributed by atoms with E-state index in [4.69, 9.17) is 0 Å². The number of nitrogens with one attached hydrogen (secondary N) is 3. The summed E-state index contributed by atoms with van der Waals surface area (Å²) in [4.78, 5) is 39.5. The predicted molar refractivity (Wildman–Crippen MR) is 92.0 cm³/mol. The Kier molecular flexibility index (Phi) is 5.26. The van der Waals surface area contributed by atoms with Gasteiger partial charge in [-0.1, -0.05) is 29.8 Å². The quantitative estimate of drug-likeness (QED) is 0.449. The molecule has 0 fully saturated rings. The zero-order valence-corrected chi connectivity index (χ0v) is 14.7. The van der Waals surface area contributed by atoms with E-state index in [1.54, 1.807) is 26.0 Å². The van der Waals surface area contributed by atoms with E-state index in [2.05, 4.69) is 31.2 Å². The van der Waals surface area contributed by atoms with Crippen molar-refractivity contribution in [1.82, 2.24) is 15.3 Å². The average molecular weight is 400 g/mol. The van der Waals surface area contributed by atoms with Gasteiger partial charge in [-0.15, -0.1) is 0 Å². The number of aromatic nitrogens is 2. The van der Waals surface area contributed by atoms with Crippen LogP contribution >= 0.6 is 15.9 Å². The van der Waals surface area contributed by atoms with Gasteiger partial charge in [0.1, 0.15) is 6.04 Å². The van der Waals surface area contributed by atoms with Crippen molar-refractivity contribution in [3.05, 3.63) is 42.9 Å². The van der Waals surface area contributed by atoms with Gasteiger partial charge in [-0.05, 0) is 17.7 Å². The Balaban J connectivity index is 2.42. The minimum atomic E-state index is -1.09. The van der Waals surface area contributed by atoms with Crippen LogP contribution in [0.4, 0.5) is 0 Å². The molecular formula is C15H18BrN3O5. The Hall–Kier alpha value is -1.97. The van der Waals surface area contributed by atoms with Crippen molar-refractivity contribution in [3.63, 3.8) is 0 Å². The molecule has 9 heteroatoms. The van der Waals surface area contributed by atoms with Crippen LogP contribution in [0.5, 0.6) is 0 Å². The van der Waals surface area contributed by atoms with Crippen LogP contribution in [0.2, 0.25) is 0 Å². The molecule has 2 aromatic rings. The fourth-order valence-electron chi connectivity index (χ4n) is 2.40. The molecule has 1 heterocycles. The number of hydrogen-bond acceptors (Lipinski definition) is 5. The molecule has 0 aliphatic rings. The fraction of sp³-hybridized carbons (Fsp3) is 0.400. The van der Waals surface area contributed by atoms with Crippen molar-refractivity contribution in [2.45, 2.75) is 26.4 Å². The van der Waals surface area contributed by atoms with Gasteiger partial charge in [-0.3, -0.25) is 19.7 Å². The zero-order chi connectivity index (χ0) is 18.1. The highest BCUT2D eigenvalue weighted by Crippen LogP contribution is 2.23. The van der Waals surface area contributed by atoms with Gasteiger partial charge in [0.2, 0.25) is 0 Å². The van der Waals surface area contributed by atoms with Gasteiger partial charge in [0.25, 0.3) is 0 Å². The Morgan fingerprint density at radius 1 is 1.29 bits per heavy atom. The summed E-state index contributed by atoms with van der Waals surface area (Å²) in [5, 5.41) is 21.7. The maximum absolute atomic E-state index is 11.6. The number of carboxylic acid groups (broad SMARTS) is 1. The first-order valence-corrected chi connectivity index (χ1v) is 7.97. The van der Waals surface area contributed by atoms with Crippen LogP contribution < -0.4 is 16.4 Å². The molecule has 8 nitrogen and oxygen atoms in total. The second kappa shape index (κ2) is 6.88. The van der Waals surface area contributed by atoms with Gasteiger partial charge >= 0.3 is 17.1 Å². The highest BCUT2D eigenvalue weighted by atomic mass is 79.9. The van der Waals surface area contributed by atoms with Gasteiger partial charge in [0.15, 0.2) is 0 Å². The molecular weight excluding hydrogens is 382 g/mol. The largest absolute Gasteiger partial charge is 0.480 e. The topological polar surface area (TPSA) is 135 Å². The third kappa shape index (κ3) is 3.74. The lowest BCUT2D eigenvalue weighted by molar-refractivity contribution is -0.143. The minimum Gasteiger partial charge on any atom is -0.480 e. The first-order chi connectivity index (χ1) is 11.2. The van der Waals surface area contributed by atoms with E-state index in [-0.39, 0.29) is 13.2 Å². The highest BCUT2D eigenvalue weighted by Gasteiger charge is 2.34. The smallest absolute Gasteiger partial charge is 0.321 e. The number of halogens is 1. The van der Waals surface area contributed by atoms with Crippen molar-refractivity contribution >= 4 is 32.9 Å². The number of rotatable bonds is 6. The number of fused-ring (bicyclic) bond motifs is 1. The van der Waals surface area contributed by atoms with Gasteiger partial charge in [-0.25, -0.2) is 0 Å². The SMILES string of the molecule is CC(C)(CO)C(NCc1cc(Br)cc2[nH]c(=O)c(=O)[nH]c12)C(=O)O. The Labute approximate surface area is 145 Å². The van der Waals surface area contributed by atoms with Gasteiger partial charge < -0.3 is 20.2 Å². The number of aliphatic carboxylic acids is 1. The van der Waals surface area contributed by atoms with Crippen LogP contribution in [0.3, 0.4) is 0 Å². The molecule has 1 unspecified atom stereocenters. The Bertz CT molecular complexity index is 887. The summed E-state index contributed by atoms with van der Waals surface area (Å²) in [6.45, 7) is 3.09. The summed E-state index contributed by atoms with van der Waals surface area (Å²) in [6.07, 6.45) is 0. The summed E-state index contributed by atoms with van der Waals surface area (Å²) in [5.41, 5.74) is -0.969. The number of hydrogen-bond donors (Lipinski definition) is 5. The molecule has 0 saturated heterocycles. The Morgan fingerprint density at radius 3 is 2.50 bits per heavy atom. The summed E-state index contributed by atoms with van der Waals surface area (Å²) in [5.74, 6) is -1.09. The third-order valence-electron chi connectivity index (χ3n) is 3.81. The number of aliphatic hydroxyl groups is 1. The molecule has 1 aromatic carbocycles. The fourth-order valence-corrected chi connectivity index (χ4v) is 2.90. The highest BCUT2D eigenvalue weighted by molar-refractivity contribution is 9.10. The summed E-state index contributed by atoms with van der Waals surface area (Å²) in [6, 6.07) is 2.36. The van der Waals surface area contributed by atoms with Crippen molar-refractivity contribution in [2.24, 2.45) is 5.41 Å². The number of carbonyl (C=O) groups is 1. The first kappa shape index (κ1) is 18.4. The summed E-state index contributed by atoms with van der Waals surface area (Å²) >= 11 is 3.32. The molecule has 1 aromatic heterocycles. The number of aromatic amines is 2. The van der Waals surface area contributed by atoms with Gasteiger partial charge in [0.05, 0.1) is 17.6 Å². The molecule has 2 rings (SSSR count). The van der Waals surface area contributed by atoms with Crippen molar-refractivity contribution in [3.8, 4) is 0 Å². The second-order valence-corrected chi connectivity index (χ2v) is 7.11. The van der Waals surface area contributed by atoms with Crippen LogP contribution in [-0.2, 0) is 11.3 Å². The van der Waals surface area contributed by atoms with Crippen molar-refractivity contribution in [2.75, 3.05) is 6.61 Å². The zero-order valence-electron chi connectivity index (χ0n) is 13.1. The number of benzene rings is 1. The molecule has 0 bridgehead atoms. The summed E-state index contributed by atoms with van der Waals surface area (Å²) in [7, 11) is 0. The lowest BCUT2D eigenvalue weighted by atomic mass is 9.85. The molecule has 1 atom stereocenters. The van der Waals surface area contributed by atoms with E-state index in [1.165, 1.54) is 0 Å². The average Bonchev–Trinajstić information content (AvgIpc) is 2.48. The van der Waals surface area contributed by atoms with Crippen LogP contribution in [0.1, 0.15) is 19.4 Å². The lowest BCUT2D eigenvalue weighted by Gasteiger charge is -2.30. The van der Waals surface area contributed by atoms with Crippen LogP contribution in [-0.4, -0.2) is 38.8 Å². The first-order valence-electron chi connectivity index (χ1n) is 7.17. The number of carboxylic acids is 1. The molecule has 0 aliphatic carbocycles. The Morgan fingerprint density at radius 2 is 1.92 bits per heavy atom. The monoisotopic (exact) mass is 399 g/mol. The molecule has 0 radical (unpaired) electrons. The molecule has 0 amide bonds. The van der Waals surface area contributed by atoms with E-state index in [0.29, 0.717) is 21.1 Å². The van der Waals surface area contributed by atoms with E-state index in [9.17, 15) is 24.6 Å². The van der Waals surface area contributed by atoms with E-state index in [0.717, 1.165) is 0 Å². The molecule has 5 N–H and O–H groups in total. The van der Waals surface area contributed by atoms with Crippen LogP contribution in [0, 0.1) is 5.41 Å². The van der Waals surface area contributed by atoms with Gasteiger partial charge in [-0.2, -0.15) is 0 Å².